The molecule has 0 spiro atoms. The molecule has 1 fully saturated rings. The summed E-state index contributed by atoms with van der Waals surface area (Å²) in [6, 6.07) is -1.01. The summed E-state index contributed by atoms with van der Waals surface area (Å²) in [4.78, 5) is 22.0. The van der Waals surface area contributed by atoms with Gasteiger partial charge < -0.3 is 20.9 Å². The minimum Gasteiger partial charge on any atom is -0.481 e. The second-order valence-electron chi connectivity index (χ2n) is 6.49. The van der Waals surface area contributed by atoms with Gasteiger partial charge in [-0.15, -0.1) is 0 Å². The van der Waals surface area contributed by atoms with Gasteiger partial charge in [-0.3, -0.25) is 9.59 Å². The van der Waals surface area contributed by atoms with Crippen molar-refractivity contribution in [2.75, 3.05) is 13.2 Å². The zero-order valence-corrected chi connectivity index (χ0v) is 12.5. The van der Waals surface area contributed by atoms with Crippen LogP contribution in [0.3, 0.4) is 0 Å². The molecule has 0 aromatic carbocycles. The maximum Gasteiger partial charge on any atom is 0.305 e. The third kappa shape index (κ3) is 5.88. The molecule has 2 atom stereocenters. The molecule has 0 saturated heterocycles. The molecule has 0 aromatic rings. The molecule has 0 radical (unpaired) electrons. The van der Waals surface area contributed by atoms with Crippen molar-refractivity contribution < 1.29 is 19.4 Å². The van der Waals surface area contributed by atoms with E-state index in [9.17, 15) is 9.59 Å². The van der Waals surface area contributed by atoms with Crippen molar-refractivity contribution in [1.82, 2.24) is 5.32 Å². The number of rotatable bonds is 8. The Bertz CT molecular complexity index is 348. The number of carboxylic acid groups (broad SMARTS) is 1. The molecule has 1 rings (SSSR count). The van der Waals surface area contributed by atoms with Crippen LogP contribution in [-0.2, 0) is 14.3 Å². The van der Waals surface area contributed by atoms with Gasteiger partial charge in [0.05, 0.1) is 25.2 Å². The summed E-state index contributed by atoms with van der Waals surface area (Å²) in [5.41, 5.74) is 5.54. The third-order valence-corrected chi connectivity index (χ3v) is 3.33. The first kappa shape index (κ1) is 16.9. The fourth-order valence-electron chi connectivity index (χ4n) is 2.26. The molecule has 0 bridgehead atoms. The van der Waals surface area contributed by atoms with Gasteiger partial charge in [0.15, 0.2) is 0 Å². The van der Waals surface area contributed by atoms with Crippen LogP contribution in [0, 0.1) is 11.3 Å². The standard InChI is InChI=1S/C14H26N2O4/c1-14(2,3)12(9-4-5-9)20-7-6-16-13(19)10(15)8-11(17)18/h9-10,12H,4-8,15H2,1-3H3,(H,16,19)(H,17,18)/t10-,12?/m0/s1. The summed E-state index contributed by atoms with van der Waals surface area (Å²) < 4.78 is 5.87. The van der Waals surface area contributed by atoms with Gasteiger partial charge in [0, 0.05) is 6.54 Å². The Balaban J connectivity index is 2.23. The Morgan fingerprint density at radius 2 is 2.00 bits per heavy atom. The lowest BCUT2D eigenvalue weighted by atomic mass is 9.86. The highest BCUT2D eigenvalue weighted by atomic mass is 16.5. The first-order valence-electron chi connectivity index (χ1n) is 7.08. The van der Waals surface area contributed by atoms with E-state index in [1.807, 2.05) is 0 Å². The zero-order chi connectivity index (χ0) is 15.3. The van der Waals surface area contributed by atoms with Crippen LogP contribution in [0.4, 0.5) is 0 Å². The highest BCUT2D eigenvalue weighted by Crippen LogP contribution is 2.42. The van der Waals surface area contributed by atoms with Crippen molar-refractivity contribution in [2.24, 2.45) is 17.1 Å². The highest BCUT2D eigenvalue weighted by Gasteiger charge is 2.39. The van der Waals surface area contributed by atoms with Gasteiger partial charge in [-0.25, -0.2) is 0 Å². The third-order valence-electron chi connectivity index (χ3n) is 3.33. The summed E-state index contributed by atoms with van der Waals surface area (Å²) in [5.74, 6) is -0.903. The van der Waals surface area contributed by atoms with Crippen LogP contribution in [0.5, 0.6) is 0 Å². The molecule has 0 heterocycles. The minimum atomic E-state index is -1.08. The summed E-state index contributed by atoms with van der Waals surface area (Å²) in [5, 5.41) is 11.2. The van der Waals surface area contributed by atoms with E-state index in [1.54, 1.807) is 0 Å². The molecule has 1 saturated carbocycles. The topological polar surface area (TPSA) is 102 Å². The lowest BCUT2D eigenvalue weighted by Crippen LogP contribution is -2.43. The smallest absolute Gasteiger partial charge is 0.305 e. The van der Waals surface area contributed by atoms with Crippen molar-refractivity contribution in [3.8, 4) is 0 Å². The quantitative estimate of drug-likeness (QED) is 0.571. The molecule has 0 aromatic heterocycles. The van der Waals surface area contributed by atoms with Crippen LogP contribution < -0.4 is 11.1 Å². The van der Waals surface area contributed by atoms with Gasteiger partial charge in [-0.2, -0.15) is 0 Å². The van der Waals surface area contributed by atoms with Crippen molar-refractivity contribution in [1.29, 1.82) is 0 Å². The lowest BCUT2D eigenvalue weighted by Gasteiger charge is -2.31. The predicted octanol–water partition coefficient (Wildman–Crippen LogP) is 0.746. The van der Waals surface area contributed by atoms with E-state index in [4.69, 9.17) is 15.6 Å². The molecule has 116 valence electrons. The molecule has 6 heteroatoms. The summed E-state index contributed by atoms with van der Waals surface area (Å²) in [7, 11) is 0. The van der Waals surface area contributed by atoms with E-state index in [-0.39, 0.29) is 17.9 Å². The number of nitrogens with two attached hydrogens (primary N) is 1. The summed E-state index contributed by atoms with van der Waals surface area (Å²) in [6.45, 7) is 7.22. The molecule has 20 heavy (non-hydrogen) atoms. The van der Waals surface area contributed by atoms with Gasteiger partial charge >= 0.3 is 5.97 Å². The maximum absolute atomic E-state index is 11.5. The zero-order valence-electron chi connectivity index (χ0n) is 12.5. The average molecular weight is 286 g/mol. The largest absolute Gasteiger partial charge is 0.481 e. The fourth-order valence-corrected chi connectivity index (χ4v) is 2.26. The first-order valence-corrected chi connectivity index (χ1v) is 7.08. The number of carbonyl (C=O) groups excluding carboxylic acids is 1. The number of carboxylic acids is 1. The van der Waals surface area contributed by atoms with Crippen LogP contribution in [-0.4, -0.2) is 42.3 Å². The molecule has 1 unspecified atom stereocenters. The van der Waals surface area contributed by atoms with E-state index in [0.29, 0.717) is 19.1 Å². The van der Waals surface area contributed by atoms with E-state index < -0.39 is 17.9 Å². The molecular weight excluding hydrogens is 260 g/mol. The fraction of sp³-hybridized carbons (Fsp3) is 0.857. The Kier molecular flexibility index (Phi) is 5.95. The minimum absolute atomic E-state index is 0.0882. The summed E-state index contributed by atoms with van der Waals surface area (Å²) in [6.07, 6.45) is 2.25. The van der Waals surface area contributed by atoms with Crippen LogP contribution in [0.1, 0.15) is 40.0 Å². The van der Waals surface area contributed by atoms with E-state index in [2.05, 4.69) is 26.1 Å². The van der Waals surface area contributed by atoms with Gasteiger partial charge in [0.2, 0.25) is 5.91 Å². The number of amides is 1. The van der Waals surface area contributed by atoms with Crippen LogP contribution in [0.25, 0.3) is 0 Å². The Morgan fingerprint density at radius 1 is 1.40 bits per heavy atom. The van der Waals surface area contributed by atoms with E-state index in [1.165, 1.54) is 12.8 Å². The van der Waals surface area contributed by atoms with Gasteiger partial charge in [-0.1, -0.05) is 20.8 Å². The number of nitrogens with one attached hydrogen (secondary N) is 1. The van der Waals surface area contributed by atoms with Gasteiger partial charge in [0.25, 0.3) is 0 Å². The Labute approximate surface area is 120 Å². The number of ether oxygens (including phenoxy) is 1. The Hall–Kier alpha value is -1.14. The number of aliphatic carboxylic acids is 1. The van der Waals surface area contributed by atoms with Crippen LogP contribution >= 0.6 is 0 Å². The second-order valence-corrected chi connectivity index (χ2v) is 6.49. The van der Waals surface area contributed by atoms with Crippen LogP contribution in [0.15, 0.2) is 0 Å². The molecule has 4 N–H and O–H groups in total. The molecular formula is C14H26N2O4. The first-order chi connectivity index (χ1) is 9.21. The SMILES string of the molecule is CC(C)(C)C(OCCNC(=O)[C@@H](N)CC(=O)O)C1CC1. The van der Waals surface area contributed by atoms with Crippen molar-refractivity contribution in [3.63, 3.8) is 0 Å². The average Bonchev–Trinajstić information content (AvgIpc) is 3.09. The van der Waals surface area contributed by atoms with Crippen LogP contribution in [0.2, 0.25) is 0 Å². The Morgan fingerprint density at radius 3 is 2.45 bits per heavy atom. The second kappa shape index (κ2) is 7.04. The highest BCUT2D eigenvalue weighted by molar-refractivity contribution is 5.85. The molecule has 1 aliphatic carbocycles. The predicted molar refractivity (Wildman–Crippen MR) is 75.2 cm³/mol. The number of hydrogen-bond acceptors (Lipinski definition) is 4. The monoisotopic (exact) mass is 286 g/mol. The number of hydrogen-bond donors (Lipinski definition) is 3. The normalized spacial score (nSPS) is 18.4. The van der Waals surface area contributed by atoms with Gasteiger partial charge in [0.1, 0.15) is 0 Å². The summed E-state index contributed by atoms with van der Waals surface area (Å²) >= 11 is 0. The van der Waals surface area contributed by atoms with Crippen molar-refractivity contribution >= 4 is 11.9 Å². The molecule has 6 nitrogen and oxygen atoms in total. The molecule has 1 aliphatic rings. The van der Waals surface area contributed by atoms with Crippen molar-refractivity contribution in [2.45, 2.75) is 52.2 Å². The molecule has 1 amide bonds. The van der Waals surface area contributed by atoms with E-state index in [0.717, 1.165) is 0 Å². The maximum atomic E-state index is 11.5. The van der Waals surface area contributed by atoms with Gasteiger partial charge in [-0.05, 0) is 24.2 Å². The van der Waals surface area contributed by atoms with Crippen molar-refractivity contribution in [3.05, 3.63) is 0 Å². The van der Waals surface area contributed by atoms with E-state index >= 15 is 0 Å². The molecule has 0 aliphatic heterocycles. The lowest BCUT2D eigenvalue weighted by molar-refractivity contribution is -0.139. The number of carbonyl (C=O) groups is 2.